The van der Waals surface area contributed by atoms with Crippen LogP contribution in [0.1, 0.15) is 78.3 Å². The molecular weight excluding hydrogens is 793 g/mol. The highest BCUT2D eigenvalue weighted by Gasteiger charge is 2.44. The van der Waals surface area contributed by atoms with E-state index in [0.717, 1.165) is 26.2 Å². The van der Waals surface area contributed by atoms with E-state index in [-0.39, 0.29) is 35.8 Å². The second-order valence-electron chi connectivity index (χ2n) is 13.6. The second-order valence-corrected chi connectivity index (χ2v) is 18.2. The molecule has 1 atom stereocenters. The van der Waals surface area contributed by atoms with Crippen LogP contribution in [-0.4, -0.2) is 72.5 Å². The Morgan fingerprint density at radius 2 is 1.32 bits per heavy atom. The van der Waals surface area contributed by atoms with E-state index in [4.69, 9.17) is 69.6 Å². The summed E-state index contributed by atoms with van der Waals surface area (Å²) < 4.78 is 77.2. The van der Waals surface area contributed by atoms with Gasteiger partial charge in [-0.05, 0) is 61.6 Å². The van der Waals surface area contributed by atoms with Gasteiger partial charge in [0.2, 0.25) is 13.5 Å². The molecule has 0 bridgehead atoms. The lowest BCUT2D eigenvalue weighted by molar-refractivity contribution is -0.143. The fourth-order valence-corrected chi connectivity index (χ4v) is 8.57. The van der Waals surface area contributed by atoms with E-state index < -0.39 is 48.8 Å². The zero-order valence-corrected chi connectivity index (χ0v) is 31.5. The molecule has 5 rings (SSSR count). The topological polar surface area (TPSA) is 26.8 Å². The fraction of sp³-hybridized carbons (Fsp3) is 0.618. The highest BCUT2D eigenvalue weighted by Crippen LogP contribution is 2.50. The number of hydrogen-bond acceptors (Lipinski definition) is 3. The number of piperazine rings is 1. The van der Waals surface area contributed by atoms with Crippen LogP contribution in [0.4, 0.5) is 26.3 Å². The summed E-state index contributed by atoms with van der Waals surface area (Å²) in [4.78, 5) is 20.0. The van der Waals surface area contributed by atoms with Crippen LogP contribution in [0.5, 0.6) is 0 Å². The Kier molecular flexibility index (Phi) is 12.5. The Morgan fingerprint density at radius 1 is 0.740 bits per heavy atom. The fourth-order valence-electron chi connectivity index (χ4n) is 7.60. The predicted molar refractivity (Wildman–Crippen MR) is 187 cm³/mol. The maximum Gasteiger partial charge on any atom is 0.416 e. The largest absolute Gasteiger partial charge is 0.416 e. The monoisotopic (exact) mass is 827 g/mol. The molecule has 0 aromatic heterocycles. The number of halogens is 12. The summed E-state index contributed by atoms with van der Waals surface area (Å²) in [5.74, 6) is -0.597. The minimum atomic E-state index is -5.03. The summed E-state index contributed by atoms with van der Waals surface area (Å²) in [5, 5.41) is 0. The lowest BCUT2D eigenvalue weighted by atomic mass is 9.75. The quantitative estimate of drug-likeness (QED) is 0.206. The number of carbonyl (C=O) groups excluding carboxylic acids is 1. The van der Waals surface area contributed by atoms with E-state index in [2.05, 4.69) is 9.80 Å². The molecule has 2 saturated heterocycles. The average molecular weight is 830 g/mol. The van der Waals surface area contributed by atoms with Crippen molar-refractivity contribution in [2.45, 2.75) is 82.8 Å². The van der Waals surface area contributed by atoms with Crippen LogP contribution < -0.4 is 0 Å². The molecule has 16 heteroatoms. The van der Waals surface area contributed by atoms with Gasteiger partial charge < -0.3 is 9.80 Å². The molecule has 2 heterocycles. The van der Waals surface area contributed by atoms with E-state index in [9.17, 15) is 31.1 Å². The molecule has 0 spiro atoms. The number of rotatable bonds is 7. The van der Waals surface area contributed by atoms with Crippen molar-refractivity contribution >= 4 is 75.5 Å². The number of benzene rings is 2. The molecule has 278 valence electrons. The van der Waals surface area contributed by atoms with E-state index in [0.29, 0.717) is 43.1 Å². The molecular formula is C34H37Cl6F6N3O. The Bertz CT molecular complexity index is 1480. The van der Waals surface area contributed by atoms with Crippen molar-refractivity contribution in [1.82, 2.24) is 14.7 Å². The molecule has 1 saturated carbocycles. The Balaban J connectivity index is 1.40. The van der Waals surface area contributed by atoms with E-state index in [1.54, 1.807) is 18.2 Å². The van der Waals surface area contributed by atoms with E-state index in [1.165, 1.54) is 37.0 Å². The van der Waals surface area contributed by atoms with E-state index in [1.807, 2.05) is 0 Å². The van der Waals surface area contributed by atoms with Crippen molar-refractivity contribution in [2.75, 3.05) is 45.8 Å². The summed E-state index contributed by atoms with van der Waals surface area (Å²) in [6.07, 6.45) is -3.42. The summed E-state index contributed by atoms with van der Waals surface area (Å²) in [6.45, 7) is 4.69. The number of nitrogens with zero attached hydrogens (tertiary/aromatic N) is 3. The van der Waals surface area contributed by atoms with Gasteiger partial charge in [-0.25, -0.2) is 0 Å². The van der Waals surface area contributed by atoms with E-state index >= 15 is 0 Å². The highest BCUT2D eigenvalue weighted by molar-refractivity contribution is 6.69. The molecule has 2 aromatic carbocycles. The van der Waals surface area contributed by atoms with Gasteiger partial charge in [0.15, 0.2) is 0 Å². The maximum atomic E-state index is 13.6. The zero-order chi connectivity index (χ0) is 36.7. The van der Waals surface area contributed by atoms with Crippen molar-refractivity contribution in [3.8, 4) is 0 Å². The van der Waals surface area contributed by atoms with Gasteiger partial charge in [0.25, 0.3) is 0 Å². The molecule has 2 aromatic rings. The molecule has 1 amide bonds. The predicted octanol–water partition coefficient (Wildman–Crippen LogP) is 10.4. The van der Waals surface area contributed by atoms with Gasteiger partial charge in [0.05, 0.1) is 17.5 Å². The minimum Gasteiger partial charge on any atom is -0.341 e. The van der Waals surface area contributed by atoms with Gasteiger partial charge in [-0.1, -0.05) is 107 Å². The second kappa shape index (κ2) is 15.5. The molecule has 4 nitrogen and oxygen atoms in total. The maximum absolute atomic E-state index is 13.6. The van der Waals surface area contributed by atoms with Crippen LogP contribution in [0.2, 0.25) is 0 Å². The number of likely N-dealkylation sites (tertiary alicyclic amines) is 1. The van der Waals surface area contributed by atoms with Crippen molar-refractivity contribution in [3.63, 3.8) is 0 Å². The summed E-state index contributed by atoms with van der Waals surface area (Å²) in [6, 6.07) is 6.82. The van der Waals surface area contributed by atoms with Crippen LogP contribution in [0, 0.1) is 0 Å². The normalized spacial score (nSPS) is 22.4. The number of amides is 1. The van der Waals surface area contributed by atoms with Crippen molar-refractivity contribution in [3.05, 3.63) is 69.8 Å². The summed E-state index contributed by atoms with van der Waals surface area (Å²) in [5.41, 5.74) is -2.99. The standard InChI is InChI=1S/C34H37Cl6F6N3O/c35-31(36,37)27-7-6-23(20-28(27)32(38,39)40)30(8-10-47-12-14-48(15-13-47)26-4-2-1-3-5-26)9-11-49(21-30)29(50)18-22-16-24(33(41,42)43)19-25(17-22)34(44,45)46/h6-7,16-17,19-20,26H,1-5,8-15,18,21H2/t30-/m1/s1. The molecule has 0 radical (unpaired) electrons. The first kappa shape index (κ1) is 40.3. The third-order valence-corrected chi connectivity index (χ3v) is 11.6. The first-order valence-corrected chi connectivity index (χ1v) is 18.7. The smallest absolute Gasteiger partial charge is 0.341 e. The van der Waals surface area contributed by atoms with Crippen LogP contribution in [0.3, 0.4) is 0 Å². The SMILES string of the molecule is O=C(Cc1cc(C(F)(F)F)cc(C(F)(F)F)c1)N1CC[C@@](CCN2CCN(C3CCCCC3)CC2)(c2ccc(C(Cl)(Cl)Cl)c(C(Cl)(Cl)Cl)c2)C1. The molecule has 0 N–H and O–H groups in total. The summed E-state index contributed by atoms with van der Waals surface area (Å²) in [7, 11) is 0. The summed E-state index contributed by atoms with van der Waals surface area (Å²) >= 11 is 37.7. The first-order chi connectivity index (χ1) is 23.2. The highest BCUT2D eigenvalue weighted by atomic mass is 35.6. The van der Waals surface area contributed by atoms with Gasteiger partial charge in [0, 0.05) is 61.9 Å². The third kappa shape index (κ3) is 9.82. The Morgan fingerprint density at radius 3 is 1.86 bits per heavy atom. The molecule has 2 aliphatic heterocycles. The average Bonchev–Trinajstić information content (AvgIpc) is 3.48. The zero-order valence-electron chi connectivity index (χ0n) is 26.9. The van der Waals surface area contributed by atoms with Gasteiger partial charge in [0.1, 0.15) is 0 Å². The lowest BCUT2D eigenvalue weighted by Crippen LogP contribution is -2.51. The molecule has 3 fully saturated rings. The Hall–Kier alpha value is -0.850. The number of hydrogen-bond donors (Lipinski definition) is 0. The van der Waals surface area contributed by atoms with Gasteiger partial charge in [-0.15, -0.1) is 0 Å². The minimum absolute atomic E-state index is 0.0486. The van der Waals surface area contributed by atoms with Crippen molar-refractivity contribution in [2.24, 2.45) is 0 Å². The third-order valence-electron chi connectivity index (χ3n) is 10.4. The van der Waals surface area contributed by atoms with Crippen LogP contribution >= 0.6 is 69.6 Å². The first-order valence-electron chi connectivity index (χ1n) is 16.5. The van der Waals surface area contributed by atoms with Crippen molar-refractivity contribution in [1.29, 1.82) is 0 Å². The molecule has 1 aliphatic carbocycles. The molecule has 50 heavy (non-hydrogen) atoms. The number of alkyl halides is 12. The van der Waals surface area contributed by atoms with Crippen LogP contribution in [0.15, 0.2) is 36.4 Å². The number of carbonyl (C=O) groups is 1. The van der Waals surface area contributed by atoms with Gasteiger partial charge in [-0.2, -0.15) is 26.3 Å². The van der Waals surface area contributed by atoms with Crippen molar-refractivity contribution < 1.29 is 31.1 Å². The van der Waals surface area contributed by atoms with Crippen LogP contribution in [-0.2, 0) is 36.6 Å². The molecule has 3 aliphatic rings. The van der Waals surface area contributed by atoms with Gasteiger partial charge in [-0.3, -0.25) is 9.69 Å². The van der Waals surface area contributed by atoms with Crippen LogP contribution in [0.25, 0.3) is 0 Å². The molecule has 0 unspecified atom stereocenters. The van der Waals surface area contributed by atoms with Gasteiger partial charge >= 0.3 is 12.4 Å². The lowest BCUT2D eigenvalue weighted by Gasteiger charge is -2.42. The Labute approximate surface area is 318 Å².